The third kappa shape index (κ3) is 2.87. The van der Waals surface area contributed by atoms with Gasteiger partial charge >= 0.3 is 0 Å². The normalized spacial score (nSPS) is 11.2. The fourth-order valence-corrected chi connectivity index (χ4v) is 3.71. The van der Waals surface area contributed by atoms with E-state index in [-0.39, 0.29) is 5.69 Å². The highest BCUT2D eigenvalue weighted by molar-refractivity contribution is 7.20. The number of aryl methyl sites for hydroxylation is 1. The Labute approximate surface area is 162 Å². The van der Waals surface area contributed by atoms with Gasteiger partial charge in [0.2, 0.25) is 10.9 Å². The van der Waals surface area contributed by atoms with Gasteiger partial charge in [-0.25, -0.2) is 4.98 Å². The summed E-state index contributed by atoms with van der Waals surface area (Å²) in [6, 6.07) is 14.6. The van der Waals surface area contributed by atoms with Crippen LogP contribution in [0.4, 0.5) is 5.82 Å². The van der Waals surface area contributed by atoms with Crippen molar-refractivity contribution in [3.8, 4) is 16.7 Å². The SMILES string of the molecule is Cc1cc(NC(=O)c2cc(-c3ccco3)on2)n(-c2nc3ccccc3s2)n1. The molecule has 4 heterocycles. The molecule has 4 aromatic heterocycles. The van der Waals surface area contributed by atoms with Crippen LogP contribution < -0.4 is 5.32 Å². The second kappa shape index (κ2) is 6.46. The molecular formula is C19H13N5O3S. The number of hydrogen-bond acceptors (Lipinski definition) is 7. The van der Waals surface area contributed by atoms with Crippen LogP contribution in [0.2, 0.25) is 0 Å². The van der Waals surface area contributed by atoms with Gasteiger partial charge in [-0.3, -0.25) is 4.79 Å². The molecule has 1 amide bonds. The third-order valence-corrected chi connectivity index (χ3v) is 5.06. The summed E-state index contributed by atoms with van der Waals surface area (Å²) in [5, 5.41) is 11.8. The Morgan fingerprint density at radius 2 is 2.04 bits per heavy atom. The second-order valence-corrected chi connectivity index (χ2v) is 7.06. The number of fused-ring (bicyclic) bond motifs is 1. The zero-order valence-electron chi connectivity index (χ0n) is 14.6. The number of carbonyl (C=O) groups is 1. The summed E-state index contributed by atoms with van der Waals surface area (Å²) < 4.78 is 13.1. The Morgan fingerprint density at radius 1 is 1.14 bits per heavy atom. The van der Waals surface area contributed by atoms with Gasteiger partial charge in [-0.1, -0.05) is 28.6 Å². The molecule has 0 spiro atoms. The lowest BCUT2D eigenvalue weighted by molar-refractivity contribution is 0.101. The summed E-state index contributed by atoms with van der Waals surface area (Å²) in [5.41, 5.74) is 1.78. The van der Waals surface area contributed by atoms with Crippen LogP contribution >= 0.6 is 11.3 Å². The maximum atomic E-state index is 12.6. The molecule has 0 atom stereocenters. The Bertz CT molecular complexity index is 1250. The van der Waals surface area contributed by atoms with Gasteiger partial charge < -0.3 is 14.3 Å². The molecular weight excluding hydrogens is 378 g/mol. The van der Waals surface area contributed by atoms with Gasteiger partial charge in [0, 0.05) is 12.1 Å². The number of carbonyl (C=O) groups excluding carboxylic acids is 1. The van der Waals surface area contributed by atoms with Crippen LogP contribution in [0.25, 0.3) is 26.9 Å². The van der Waals surface area contributed by atoms with Gasteiger partial charge in [-0.05, 0) is 31.2 Å². The minimum Gasteiger partial charge on any atom is -0.461 e. The van der Waals surface area contributed by atoms with Crippen molar-refractivity contribution in [1.82, 2.24) is 19.9 Å². The number of aromatic nitrogens is 4. The summed E-state index contributed by atoms with van der Waals surface area (Å²) in [4.78, 5) is 17.2. The van der Waals surface area contributed by atoms with Gasteiger partial charge in [-0.15, -0.1) is 0 Å². The second-order valence-electron chi connectivity index (χ2n) is 6.05. The van der Waals surface area contributed by atoms with E-state index >= 15 is 0 Å². The Balaban J connectivity index is 1.45. The van der Waals surface area contributed by atoms with Gasteiger partial charge in [0.15, 0.2) is 11.5 Å². The molecule has 5 rings (SSSR count). The maximum absolute atomic E-state index is 12.6. The average Bonchev–Trinajstić information content (AvgIpc) is 3.46. The molecule has 0 radical (unpaired) electrons. The van der Waals surface area contributed by atoms with E-state index in [2.05, 4.69) is 20.6 Å². The van der Waals surface area contributed by atoms with E-state index in [9.17, 15) is 4.79 Å². The molecule has 5 aromatic rings. The van der Waals surface area contributed by atoms with Crippen molar-refractivity contribution in [3.05, 3.63) is 66.2 Å². The number of nitrogens with zero attached hydrogens (tertiary/aromatic N) is 4. The summed E-state index contributed by atoms with van der Waals surface area (Å²) in [5.74, 6) is 0.973. The number of para-hydroxylation sites is 1. The van der Waals surface area contributed by atoms with E-state index in [0.717, 1.165) is 15.9 Å². The van der Waals surface area contributed by atoms with E-state index in [1.165, 1.54) is 23.7 Å². The number of furan rings is 1. The van der Waals surface area contributed by atoms with Crippen LogP contribution in [0, 0.1) is 6.92 Å². The average molecular weight is 391 g/mol. The van der Waals surface area contributed by atoms with E-state index in [4.69, 9.17) is 8.94 Å². The Hall–Kier alpha value is -3.72. The predicted octanol–water partition coefficient (Wildman–Crippen LogP) is 4.29. The van der Waals surface area contributed by atoms with Crippen molar-refractivity contribution < 1.29 is 13.7 Å². The number of amides is 1. The van der Waals surface area contributed by atoms with E-state index in [1.807, 2.05) is 31.2 Å². The van der Waals surface area contributed by atoms with Crippen LogP contribution in [-0.4, -0.2) is 25.8 Å². The van der Waals surface area contributed by atoms with Crippen molar-refractivity contribution in [3.63, 3.8) is 0 Å². The molecule has 0 saturated carbocycles. The number of rotatable bonds is 4. The molecule has 0 saturated heterocycles. The monoisotopic (exact) mass is 391 g/mol. The van der Waals surface area contributed by atoms with Crippen LogP contribution in [0.3, 0.4) is 0 Å². The molecule has 28 heavy (non-hydrogen) atoms. The topological polar surface area (TPSA) is 99.0 Å². The largest absolute Gasteiger partial charge is 0.461 e. The van der Waals surface area contributed by atoms with Gasteiger partial charge in [0.05, 0.1) is 22.2 Å². The number of benzene rings is 1. The zero-order chi connectivity index (χ0) is 19.1. The predicted molar refractivity (Wildman–Crippen MR) is 104 cm³/mol. The molecule has 1 aromatic carbocycles. The highest BCUT2D eigenvalue weighted by Gasteiger charge is 2.19. The van der Waals surface area contributed by atoms with Gasteiger partial charge in [0.25, 0.3) is 5.91 Å². The lowest BCUT2D eigenvalue weighted by atomic mass is 10.3. The fraction of sp³-hybridized carbons (Fsp3) is 0.0526. The molecule has 0 aliphatic rings. The summed E-state index contributed by atoms with van der Waals surface area (Å²) in [6.45, 7) is 1.85. The summed E-state index contributed by atoms with van der Waals surface area (Å²) in [7, 11) is 0. The van der Waals surface area contributed by atoms with Gasteiger partial charge in [-0.2, -0.15) is 9.78 Å². The van der Waals surface area contributed by atoms with Crippen LogP contribution in [0.5, 0.6) is 0 Å². The molecule has 1 N–H and O–H groups in total. The van der Waals surface area contributed by atoms with Crippen molar-refractivity contribution in [2.45, 2.75) is 6.92 Å². The van der Waals surface area contributed by atoms with Crippen molar-refractivity contribution >= 4 is 33.3 Å². The molecule has 8 nitrogen and oxygen atoms in total. The molecule has 138 valence electrons. The Kier molecular flexibility index (Phi) is 3.80. The maximum Gasteiger partial charge on any atom is 0.279 e. The van der Waals surface area contributed by atoms with E-state index in [0.29, 0.717) is 22.5 Å². The van der Waals surface area contributed by atoms with Gasteiger partial charge in [0.1, 0.15) is 5.82 Å². The quantitative estimate of drug-likeness (QED) is 0.491. The van der Waals surface area contributed by atoms with E-state index in [1.54, 1.807) is 22.9 Å². The molecule has 0 fully saturated rings. The van der Waals surface area contributed by atoms with Crippen LogP contribution in [0.1, 0.15) is 16.2 Å². The van der Waals surface area contributed by atoms with Crippen molar-refractivity contribution in [2.24, 2.45) is 0 Å². The highest BCUT2D eigenvalue weighted by Crippen LogP contribution is 2.27. The Morgan fingerprint density at radius 3 is 2.86 bits per heavy atom. The zero-order valence-corrected chi connectivity index (χ0v) is 15.4. The minimum atomic E-state index is -0.413. The summed E-state index contributed by atoms with van der Waals surface area (Å²) >= 11 is 1.49. The first-order chi connectivity index (χ1) is 13.7. The first kappa shape index (κ1) is 16.5. The number of anilines is 1. The smallest absolute Gasteiger partial charge is 0.279 e. The number of nitrogens with one attached hydrogen (secondary N) is 1. The molecule has 0 unspecified atom stereocenters. The molecule has 0 aliphatic heterocycles. The number of hydrogen-bond donors (Lipinski definition) is 1. The van der Waals surface area contributed by atoms with E-state index < -0.39 is 5.91 Å². The van der Waals surface area contributed by atoms with Crippen LogP contribution in [0.15, 0.2) is 63.7 Å². The van der Waals surface area contributed by atoms with Crippen molar-refractivity contribution in [2.75, 3.05) is 5.32 Å². The first-order valence-corrected chi connectivity index (χ1v) is 9.23. The fourth-order valence-electron chi connectivity index (χ4n) is 2.78. The molecule has 9 heteroatoms. The summed E-state index contributed by atoms with van der Waals surface area (Å²) in [6.07, 6.45) is 1.52. The van der Waals surface area contributed by atoms with Crippen LogP contribution in [-0.2, 0) is 0 Å². The first-order valence-electron chi connectivity index (χ1n) is 8.42. The lowest BCUT2D eigenvalue weighted by Crippen LogP contribution is -2.15. The lowest BCUT2D eigenvalue weighted by Gasteiger charge is -2.04. The minimum absolute atomic E-state index is 0.140. The third-order valence-electron chi connectivity index (χ3n) is 4.04. The standard InChI is InChI=1S/C19H13N5O3S/c1-11-9-17(24(22-11)19-20-12-5-2-3-7-16(12)28-19)21-18(25)13-10-15(27-23-13)14-6-4-8-26-14/h2-10H,1H3,(H,21,25). The molecule has 0 aliphatic carbocycles. The molecule has 0 bridgehead atoms. The van der Waals surface area contributed by atoms with Crippen molar-refractivity contribution in [1.29, 1.82) is 0 Å². The highest BCUT2D eigenvalue weighted by atomic mass is 32.1. The number of thiazole rings is 1.